The van der Waals surface area contributed by atoms with Gasteiger partial charge in [0.25, 0.3) is 0 Å². The first-order chi connectivity index (χ1) is 5.00. The highest BCUT2D eigenvalue weighted by Gasteiger charge is 2.38. The highest BCUT2D eigenvalue weighted by Crippen LogP contribution is 2.28. The first-order valence-electron chi connectivity index (χ1n) is 2.75. The molecule has 0 saturated heterocycles. The van der Waals surface area contributed by atoms with Crippen molar-refractivity contribution < 1.29 is 23.4 Å². The van der Waals surface area contributed by atoms with E-state index in [-0.39, 0.29) is 24.1 Å². The minimum Gasteiger partial charge on any atom is -0.476 e. The van der Waals surface area contributed by atoms with Crippen LogP contribution < -0.4 is 0 Å². The molecule has 0 aliphatic rings. The van der Waals surface area contributed by atoms with Gasteiger partial charge in [-0.15, -0.1) is 0 Å². The Hall–Kier alpha value is -0.360. The maximum atomic E-state index is 12.2. The molecule has 0 fully saturated rings. The molecule has 0 rings (SSSR count). The third-order valence-corrected chi connectivity index (χ3v) is 1.73. The van der Waals surface area contributed by atoms with Gasteiger partial charge in [0.15, 0.2) is 0 Å². The molecular formula is C5H8F2O3S. The van der Waals surface area contributed by atoms with Crippen LogP contribution in [0, 0.1) is 0 Å². The van der Waals surface area contributed by atoms with Crippen molar-refractivity contribution in [1.29, 1.82) is 0 Å². The van der Waals surface area contributed by atoms with Crippen LogP contribution in [0.5, 0.6) is 0 Å². The molecule has 0 saturated carbocycles. The molecule has 0 aromatic carbocycles. The summed E-state index contributed by atoms with van der Waals surface area (Å²) in [5.41, 5.74) is 0. The van der Waals surface area contributed by atoms with E-state index < -0.39 is 11.2 Å². The van der Waals surface area contributed by atoms with Gasteiger partial charge in [0.05, 0.1) is 6.61 Å². The Morgan fingerprint density at radius 1 is 1.73 bits per heavy atom. The summed E-state index contributed by atoms with van der Waals surface area (Å²) in [6.45, 7) is 0.119. The van der Waals surface area contributed by atoms with Crippen molar-refractivity contribution in [2.45, 2.75) is 5.25 Å². The van der Waals surface area contributed by atoms with Gasteiger partial charge in [-0.25, -0.2) is 4.79 Å². The summed E-state index contributed by atoms with van der Waals surface area (Å²) < 4.78 is 28.8. The van der Waals surface area contributed by atoms with E-state index in [0.29, 0.717) is 0 Å². The number of hydrogen-bond donors (Lipinski definition) is 1. The SMILES string of the molecule is COCCSC(F)(F)C(=O)O. The van der Waals surface area contributed by atoms with Gasteiger partial charge in [-0.05, 0) is 0 Å². The van der Waals surface area contributed by atoms with E-state index in [0.717, 1.165) is 0 Å². The fourth-order valence-electron chi connectivity index (χ4n) is 0.315. The van der Waals surface area contributed by atoms with Crippen LogP contribution in [0.1, 0.15) is 0 Å². The van der Waals surface area contributed by atoms with Crippen molar-refractivity contribution in [2.75, 3.05) is 19.5 Å². The molecule has 0 radical (unpaired) electrons. The molecular weight excluding hydrogens is 178 g/mol. The lowest BCUT2D eigenvalue weighted by Gasteiger charge is -2.08. The zero-order valence-corrected chi connectivity index (χ0v) is 6.66. The Bertz CT molecular complexity index is 140. The Morgan fingerprint density at radius 3 is 2.64 bits per heavy atom. The van der Waals surface area contributed by atoms with Gasteiger partial charge < -0.3 is 9.84 Å². The number of rotatable bonds is 5. The highest BCUT2D eigenvalue weighted by atomic mass is 32.2. The van der Waals surface area contributed by atoms with E-state index in [1.165, 1.54) is 7.11 Å². The van der Waals surface area contributed by atoms with Crippen LogP contribution in [0.3, 0.4) is 0 Å². The number of thioether (sulfide) groups is 1. The Morgan fingerprint density at radius 2 is 2.27 bits per heavy atom. The zero-order chi connectivity index (χ0) is 8.91. The second-order valence-electron chi connectivity index (χ2n) is 1.66. The quantitative estimate of drug-likeness (QED) is 0.652. The Kier molecular flexibility index (Phi) is 4.36. The predicted octanol–water partition coefficient (Wildman–Crippen LogP) is 1.04. The molecule has 0 unspecified atom stereocenters. The second kappa shape index (κ2) is 4.50. The van der Waals surface area contributed by atoms with Crippen LogP contribution in [0.15, 0.2) is 0 Å². The summed E-state index contributed by atoms with van der Waals surface area (Å²) in [6, 6.07) is 0. The molecule has 0 aromatic heterocycles. The molecule has 0 heterocycles. The van der Waals surface area contributed by atoms with E-state index >= 15 is 0 Å². The average Bonchev–Trinajstić information content (AvgIpc) is 1.88. The summed E-state index contributed by atoms with van der Waals surface area (Å²) in [5, 5.41) is 4.23. The summed E-state index contributed by atoms with van der Waals surface area (Å²) in [7, 11) is 1.36. The standard InChI is InChI=1S/C5H8F2O3S/c1-10-2-3-11-5(6,7)4(8)9/h2-3H2,1H3,(H,8,9). The second-order valence-corrected chi connectivity index (χ2v) is 2.87. The van der Waals surface area contributed by atoms with Crippen molar-refractivity contribution in [2.24, 2.45) is 0 Å². The molecule has 0 aromatic rings. The number of aliphatic carboxylic acids is 1. The molecule has 6 heteroatoms. The number of halogens is 2. The molecule has 0 bridgehead atoms. The molecule has 0 aliphatic carbocycles. The van der Waals surface area contributed by atoms with Crippen molar-refractivity contribution in [1.82, 2.24) is 0 Å². The normalized spacial score (nSPS) is 11.5. The van der Waals surface area contributed by atoms with E-state index in [4.69, 9.17) is 5.11 Å². The predicted molar refractivity (Wildman–Crippen MR) is 36.9 cm³/mol. The first kappa shape index (κ1) is 10.6. The van der Waals surface area contributed by atoms with Crippen molar-refractivity contribution in [3.63, 3.8) is 0 Å². The van der Waals surface area contributed by atoms with Gasteiger partial charge in [-0.2, -0.15) is 8.78 Å². The van der Waals surface area contributed by atoms with E-state index in [9.17, 15) is 13.6 Å². The Labute approximate surface area is 66.7 Å². The number of alkyl halides is 2. The maximum Gasteiger partial charge on any atom is 0.388 e. The van der Waals surface area contributed by atoms with Crippen molar-refractivity contribution >= 4 is 17.7 Å². The lowest BCUT2D eigenvalue weighted by Crippen LogP contribution is -2.24. The van der Waals surface area contributed by atoms with Crippen LogP contribution in [-0.2, 0) is 9.53 Å². The van der Waals surface area contributed by atoms with Crippen LogP contribution >= 0.6 is 11.8 Å². The van der Waals surface area contributed by atoms with Crippen molar-refractivity contribution in [3.8, 4) is 0 Å². The third kappa shape index (κ3) is 4.15. The van der Waals surface area contributed by atoms with Gasteiger partial charge in [0.2, 0.25) is 0 Å². The smallest absolute Gasteiger partial charge is 0.388 e. The Balaban J connectivity index is 3.64. The zero-order valence-electron chi connectivity index (χ0n) is 5.84. The number of methoxy groups -OCH3 is 1. The fraction of sp³-hybridized carbons (Fsp3) is 0.800. The first-order valence-corrected chi connectivity index (χ1v) is 3.73. The largest absolute Gasteiger partial charge is 0.476 e. The molecule has 66 valence electrons. The van der Waals surface area contributed by atoms with Crippen LogP contribution in [0.25, 0.3) is 0 Å². The number of hydrogen-bond acceptors (Lipinski definition) is 3. The molecule has 0 spiro atoms. The van der Waals surface area contributed by atoms with Gasteiger partial charge in [0.1, 0.15) is 0 Å². The molecule has 0 amide bonds. The summed E-state index contributed by atoms with van der Waals surface area (Å²) >= 11 is 0.0535. The average molecular weight is 186 g/mol. The molecule has 0 atom stereocenters. The lowest BCUT2D eigenvalue weighted by atomic mass is 10.7. The lowest BCUT2D eigenvalue weighted by molar-refractivity contribution is -0.152. The molecule has 11 heavy (non-hydrogen) atoms. The molecule has 1 N–H and O–H groups in total. The number of carbonyl (C=O) groups is 1. The highest BCUT2D eigenvalue weighted by molar-refractivity contribution is 8.01. The van der Waals surface area contributed by atoms with Crippen LogP contribution in [0.2, 0.25) is 0 Å². The van der Waals surface area contributed by atoms with E-state index in [1.54, 1.807) is 0 Å². The minimum atomic E-state index is -3.70. The third-order valence-electron chi connectivity index (χ3n) is 0.820. The van der Waals surface area contributed by atoms with Gasteiger partial charge in [-0.1, -0.05) is 11.8 Å². The number of carboxylic acids is 1. The van der Waals surface area contributed by atoms with E-state index in [2.05, 4.69) is 4.74 Å². The van der Waals surface area contributed by atoms with E-state index in [1.807, 2.05) is 0 Å². The van der Waals surface area contributed by atoms with Gasteiger partial charge >= 0.3 is 11.2 Å². The number of carboxylic acid groups (broad SMARTS) is 1. The summed E-state index contributed by atoms with van der Waals surface area (Å²) in [4.78, 5) is 9.80. The monoisotopic (exact) mass is 186 g/mol. The van der Waals surface area contributed by atoms with Gasteiger partial charge in [0, 0.05) is 12.9 Å². The fourth-order valence-corrected chi connectivity index (χ4v) is 0.945. The van der Waals surface area contributed by atoms with Crippen LogP contribution in [0.4, 0.5) is 8.78 Å². The summed E-state index contributed by atoms with van der Waals surface area (Å²) in [6.07, 6.45) is 0. The summed E-state index contributed by atoms with van der Waals surface area (Å²) in [5.74, 6) is -2.14. The van der Waals surface area contributed by atoms with Crippen LogP contribution in [-0.4, -0.2) is 35.8 Å². The number of ether oxygens (including phenoxy) is 1. The molecule has 3 nitrogen and oxygen atoms in total. The van der Waals surface area contributed by atoms with Gasteiger partial charge in [-0.3, -0.25) is 0 Å². The minimum absolute atomic E-state index is 0.0319. The topological polar surface area (TPSA) is 46.5 Å². The van der Waals surface area contributed by atoms with Crippen molar-refractivity contribution in [3.05, 3.63) is 0 Å². The maximum absolute atomic E-state index is 12.2. The molecule has 0 aliphatic heterocycles.